The molecule has 0 aromatic carbocycles. The van der Waals surface area contributed by atoms with Crippen LogP contribution < -0.4 is 15.6 Å². The van der Waals surface area contributed by atoms with Crippen molar-refractivity contribution in [3.63, 3.8) is 0 Å². The van der Waals surface area contributed by atoms with E-state index in [2.05, 4.69) is 19.8 Å². The standard InChI is InChI=1S/C21H21N7O7S2/c1-21(2,19(33)34)35-25-11(14-24-20(22)37-26-14)15(29)23-12-16(30)28-13(18(31)32)10(9-36-17(12)28)8-27-6-4-3-5-7-27/h3-7,12,17H,8-9H2,1-2H3,(H4-,22,23,24,26,29,31,32,33,34)/p+1. The number of oxime groups is 1. The van der Waals surface area contributed by atoms with Gasteiger partial charge in [0.2, 0.25) is 17.1 Å². The first-order valence-electron chi connectivity index (χ1n) is 10.7. The van der Waals surface area contributed by atoms with Crippen molar-refractivity contribution in [1.82, 2.24) is 19.6 Å². The first-order valence-corrected chi connectivity index (χ1v) is 12.6. The highest BCUT2D eigenvalue weighted by Crippen LogP contribution is 2.40. The Kier molecular flexibility index (Phi) is 7.13. The molecule has 2 unspecified atom stereocenters. The van der Waals surface area contributed by atoms with Crippen LogP contribution in [0.5, 0.6) is 0 Å². The normalized spacial score (nSPS) is 19.7. The number of anilines is 1. The summed E-state index contributed by atoms with van der Waals surface area (Å²) in [6.45, 7) is 2.75. The number of nitrogens with one attached hydrogen (secondary N) is 1. The van der Waals surface area contributed by atoms with Crippen LogP contribution in [0.3, 0.4) is 0 Å². The number of nitrogens with two attached hydrogens (primary N) is 1. The zero-order valence-corrected chi connectivity index (χ0v) is 21.2. The van der Waals surface area contributed by atoms with Gasteiger partial charge in [0.05, 0.1) is 0 Å². The van der Waals surface area contributed by atoms with Crippen molar-refractivity contribution >= 4 is 57.9 Å². The summed E-state index contributed by atoms with van der Waals surface area (Å²) in [6.07, 6.45) is 3.58. The highest BCUT2D eigenvalue weighted by atomic mass is 32.2. The molecule has 2 amide bonds. The molecule has 2 aliphatic heterocycles. The number of pyridine rings is 1. The quantitative estimate of drug-likeness (QED) is 0.135. The third-order valence-electron chi connectivity index (χ3n) is 5.44. The van der Waals surface area contributed by atoms with Gasteiger partial charge in [0.1, 0.15) is 17.1 Å². The summed E-state index contributed by atoms with van der Waals surface area (Å²) in [5.41, 5.74) is 3.78. The number of hydrogen-bond donors (Lipinski definition) is 4. The molecule has 4 heterocycles. The predicted molar refractivity (Wildman–Crippen MR) is 130 cm³/mol. The van der Waals surface area contributed by atoms with Crippen molar-refractivity contribution in [3.05, 3.63) is 47.7 Å². The van der Waals surface area contributed by atoms with E-state index in [4.69, 9.17) is 10.6 Å². The number of hydrogen-bond acceptors (Lipinski definition) is 11. The number of carboxylic acid groups (broad SMARTS) is 2. The average molecular weight is 549 g/mol. The second kappa shape index (κ2) is 10.1. The van der Waals surface area contributed by atoms with Gasteiger partial charge in [0.25, 0.3) is 11.8 Å². The van der Waals surface area contributed by atoms with E-state index >= 15 is 0 Å². The van der Waals surface area contributed by atoms with E-state index in [9.17, 15) is 29.4 Å². The number of amides is 2. The van der Waals surface area contributed by atoms with E-state index in [1.165, 1.54) is 25.6 Å². The van der Waals surface area contributed by atoms with Crippen LogP contribution in [0.2, 0.25) is 0 Å². The van der Waals surface area contributed by atoms with Gasteiger partial charge in [-0.3, -0.25) is 14.5 Å². The number of fused-ring (bicyclic) bond motifs is 1. The maximum absolute atomic E-state index is 13.1. The minimum atomic E-state index is -1.77. The Morgan fingerprint density at radius 1 is 1.30 bits per heavy atom. The Morgan fingerprint density at radius 2 is 2.00 bits per heavy atom. The molecule has 0 aliphatic carbocycles. The van der Waals surface area contributed by atoms with Gasteiger partial charge in [0.15, 0.2) is 24.1 Å². The minimum Gasteiger partial charge on any atom is -0.478 e. The summed E-state index contributed by atoms with van der Waals surface area (Å²) < 4.78 is 5.72. The third-order valence-corrected chi connectivity index (χ3v) is 7.32. The van der Waals surface area contributed by atoms with E-state index in [0.717, 1.165) is 16.4 Å². The summed E-state index contributed by atoms with van der Waals surface area (Å²) in [7, 11) is 0. The van der Waals surface area contributed by atoms with Crippen LogP contribution in [-0.2, 0) is 30.6 Å². The second-order valence-electron chi connectivity index (χ2n) is 8.47. The van der Waals surface area contributed by atoms with Crippen LogP contribution in [0, 0.1) is 0 Å². The number of nitrogen functional groups attached to an aromatic ring is 1. The SMILES string of the molecule is CC(C)(ON=C(C(=O)NC1C(=O)N2C(C(=O)O)=C(C[n+]3ccccc3)CSC12)c1nsc(N)n1)C(=O)O. The number of β-lactam (4-membered cyclic amide) rings is 1. The molecule has 1 fully saturated rings. The smallest absolute Gasteiger partial charge is 0.352 e. The third kappa shape index (κ3) is 5.24. The van der Waals surface area contributed by atoms with Crippen LogP contribution in [0.4, 0.5) is 5.13 Å². The molecule has 5 N–H and O–H groups in total. The van der Waals surface area contributed by atoms with E-state index in [0.29, 0.717) is 11.3 Å². The molecule has 0 saturated carbocycles. The topological polar surface area (TPSA) is 201 Å². The average Bonchev–Trinajstić information content (AvgIpc) is 3.28. The van der Waals surface area contributed by atoms with E-state index in [1.807, 2.05) is 18.2 Å². The van der Waals surface area contributed by atoms with Crippen molar-refractivity contribution < 1.29 is 38.8 Å². The Hall–Kier alpha value is -4.05. The number of nitrogens with zero attached hydrogens (tertiary/aromatic N) is 5. The predicted octanol–water partition coefficient (Wildman–Crippen LogP) is -0.569. The maximum Gasteiger partial charge on any atom is 0.352 e. The van der Waals surface area contributed by atoms with Gasteiger partial charge in [-0.05, 0) is 13.8 Å². The fourth-order valence-electron chi connectivity index (χ4n) is 3.49. The first kappa shape index (κ1) is 26.0. The summed E-state index contributed by atoms with van der Waals surface area (Å²) in [4.78, 5) is 59.6. The largest absolute Gasteiger partial charge is 0.478 e. The molecule has 0 spiro atoms. The molecule has 16 heteroatoms. The minimum absolute atomic E-state index is 0.0294. The summed E-state index contributed by atoms with van der Waals surface area (Å²) in [5.74, 6) is -3.99. The molecule has 0 radical (unpaired) electrons. The number of rotatable bonds is 9. The van der Waals surface area contributed by atoms with Crippen molar-refractivity contribution in [2.24, 2.45) is 5.16 Å². The highest BCUT2D eigenvalue weighted by molar-refractivity contribution is 8.00. The van der Waals surface area contributed by atoms with E-state index in [1.54, 1.807) is 17.0 Å². The Morgan fingerprint density at radius 3 is 2.59 bits per heavy atom. The van der Waals surface area contributed by atoms with E-state index < -0.39 is 46.5 Å². The monoisotopic (exact) mass is 548 g/mol. The van der Waals surface area contributed by atoms with Crippen LogP contribution in [-0.4, -0.2) is 76.7 Å². The number of carbonyl (C=O) groups is 4. The van der Waals surface area contributed by atoms with Crippen molar-refractivity contribution in [1.29, 1.82) is 0 Å². The molecule has 2 atom stereocenters. The lowest BCUT2D eigenvalue weighted by Crippen LogP contribution is -2.71. The van der Waals surface area contributed by atoms with Gasteiger partial charge in [-0.15, -0.1) is 11.8 Å². The number of aliphatic carboxylic acids is 2. The highest BCUT2D eigenvalue weighted by Gasteiger charge is 2.55. The van der Waals surface area contributed by atoms with Crippen LogP contribution in [0.1, 0.15) is 19.7 Å². The first-order chi connectivity index (χ1) is 17.5. The lowest BCUT2D eigenvalue weighted by molar-refractivity contribution is -0.689. The molecular formula is C21H22N7O7S2+. The summed E-state index contributed by atoms with van der Waals surface area (Å²) in [6, 6.07) is 4.39. The van der Waals surface area contributed by atoms with E-state index in [-0.39, 0.29) is 23.2 Å². The van der Waals surface area contributed by atoms with Crippen LogP contribution in [0.25, 0.3) is 0 Å². The van der Waals surface area contributed by atoms with Crippen molar-refractivity contribution in [2.45, 2.75) is 37.4 Å². The lowest BCUT2D eigenvalue weighted by Gasteiger charge is -2.49. The molecule has 14 nitrogen and oxygen atoms in total. The molecular weight excluding hydrogens is 526 g/mol. The second-order valence-corrected chi connectivity index (χ2v) is 10.4. The van der Waals surface area contributed by atoms with Crippen molar-refractivity contribution in [2.75, 3.05) is 11.5 Å². The zero-order valence-electron chi connectivity index (χ0n) is 19.5. The molecule has 0 bridgehead atoms. The van der Waals surface area contributed by atoms with Crippen LogP contribution in [0.15, 0.2) is 47.0 Å². The molecule has 37 heavy (non-hydrogen) atoms. The van der Waals surface area contributed by atoms with Gasteiger partial charge in [-0.25, -0.2) is 14.2 Å². The zero-order chi connectivity index (χ0) is 26.9. The molecule has 2 aromatic rings. The van der Waals surface area contributed by atoms with Gasteiger partial charge in [-0.2, -0.15) is 9.36 Å². The Bertz CT molecular complexity index is 1330. The summed E-state index contributed by atoms with van der Waals surface area (Å²) >= 11 is 2.09. The number of thioether (sulfide) groups is 1. The summed E-state index contributed by atoms with van der Waals surface area (Å²) in [5, 5.41) is 24.6. The molecule has 2 aromatic heterocycles. The van der Waals surface area contributed by atoms with Gasteiger partial charge in [-0.1, -0.05) is 11.2 Å². The Balaban J connectivity index is 1.55. The maximum atomic E-state index is 13.1. The molecule has 1 saturated heterocycles. The number of carbonyl (C=O) groups excluding carboxylic acids is 2. The fourth-order valence-corrected chi connectivity index (χ4v) is 5.26. The van der Waals surface area contributed by atoms with Gasteiger partial charge >= 0.3 is 11.9 Å². The Labute approximate surface area is 218 Å². The molecule has 194 valence electrons. The van der Waals surface area contributed by atoms with Gasteiger partial charge < -0.3 is 26.1 Å². The molecule has 2 aliphatic rings. The van der Waals surface area contributed by atoms with Gasteiger partial charge in [0, 0.05) is 35.0 Å². The van der Waals surface area contributed by atoms with Crippen LogP contribution >= 0.6 is 23.3 Å². The fraction of sp³-hybridized carbons (Fsp3) is 0.333. The van der Waals surface area contributed by atoms with Crippen molar-refractivity contribution in [3.8, 4) is 0 Å². The lowest BCUT2D eigenvalue weighted by atomic mass is 10.0. The number of aromatic nitrogens is 3. The number of carboxylic acids is 2. The molecule has 4 rings (SSSR count).